The molecule has 0 spiro atoms. The number of carbonyl (C=O) groups excluding carboxylic acids is 1. The molecule has 0 fully saturated rings. The molecule has 0 bridgehead atoms. The van der Waals surface area contributed by atoms with Gasteiger partial charge in [0.2, 0.25) is 5.91 Å². The number of nitrogens with one attached hydrogen (secondary N) is 1. The van der Waals surface area contributed by atoms with Gasteiger partial charge in [-0.2, -0.15) is 8.78 Å². The summed E-state index contributed by atoms with van der Waals surface area (Å²) in [6.45, 7) is -2.91. The van der Waals surface area contributed by atoms with Gasteiger partial charge < -0.3 is 14.5 Å². The van der Waals surface area contributed by atoms with Gasteiger partial charge in [0, 0.05) is 23.6 Å². The van der Waals surface area contributed by atoms with Gasteiger partial charge in [-0.3, -0.25) is 4.79 Å². The number of para-hydroxylation sites is 1. The largest absolute Gasteiger partial charge is 0.469 e. The highest BCUT2D eigenvalue weighted by Gasteiger charge is 2.23. The number of carbonyl (C=O) groups is 1. The van der Waals surface area contributed by atoms with Crippen molar-refractivity contribution in [2.45, 2.75) is 31.9 Å². The van der Waals surface area contributed by atoms with Gasteiger partial charge in [0.1, 0.15) is 11.5 Å². The zero-order valence-electron chi connectivity index (χ0n) is 12.9. The van der Waals surface area contributed by atoms with E-state index in [1.165, 1.54) is 18.2 Å². The Bertz CT molecular complexity index is 739. The minimum Gasteiger partial charge on any atom is -0.469 e. The molecule has 0 saturated carbocycles. The van der Waals surface area contributed by atoms with Gasteiger partial charge in [-0.1, -0.05) is 18.2 Å². The lowest BCUT2D eigenvalue weighted by Gasteiger charge is -2.22. The third kappa shape index (κ3) is 3.82. The van der Waals surface area contributed by atoms with Crippen LogP contribution in [0.15, 0.2) is 47.1 Å². The number of ether oxygens (including phenoxy) is 1. The molecule has 4 nitrogen and oxygen atoms in total. The first-order valence-corrected chi connectivity index (χ1v) is 7.72. The minimum absolute atomic E-state index is 0.0336. The highest BCUT2D eigenvalue weighted by Crippen LogP contribution is 2.30. The van der Waals surface area contributed by atoms with E-state index in [2.05, 4.69) is 10.1 Å². The Kier molecular flexibility index (Phi) is 4.93. The van der Waals surface area contributed by atoms with Crippen molar-refractivity contribution in [3.8, 4) is 5.75 Å². The van der Waals surface area contributed by atoms with E-state index in [1.807, 2.05) is 6.07 Å². The molecule has 126 valence electrons. The molecule has 0 saturated heterocycles. The number of rotatable bonds is 5. The second-order valence-corrected chi connectivity index (χ2v) is 5.50. The Morgan fingerprint density at radius 3 is 3.00 bits per heavy atom. The molecule has 1 aliphatic rings. The van der Waals surface area contributed by atoms with Crippen molar-refractivity contribution >= 4 is 12.0 Å². The van der Waals surface area contributed by atoms with Gasteiger partial charge in [-0.05, 0) is 31.1 Å². The topological polar surface area (TPSA) is 51.5 Å². The Morgan fingerprint density at radius 1 is 1.33 bits per heavy atom. The van der Waals surface area contributed by atoms with E-state index < -0.39 is 6.61 Å². The summed E-state index contributed by atoms with van der Waals surface area (Å²) in [4.78, 5) is 12.1. The number of alkyl halides is 2. The van der Waals surface area contributed by atoms with Crippen LogP contribution in [-0.4, -0.2) is 12.5 Å². The minimum atomic E-state index is -2.91. The van der Waals surface area contributed by atoms with Gasteiger partial charge in [-0.15, -0.1) is 0 Å². The normalized spacial score (nSPS) is 17.0. The standard InChI is InChI=1S/C18H17F2NO3/c19-18(20)24-15-6-2-1-4-12(15)8-9-17(22)21-14-5-3-7-16-13(14)10-11-23-16/h1-2,4,6,8-11,14,18H,3,5,7H2,(H,21,22)/b9-8+. The van der Waals surface area contributed by atoms with Crippen LogP contribution in [0.5, 0.6) is 5.75 Å². The Balaban J connectivity index is 1.67. The van der Waals surface area contributed by atoms with Crippen LogP contribution in [0.25, 0.3) is 6.08 Å². The number of fused-ring (bicyclic) bond motifs is 1. The van der Waals surface area contributed by atoms with Crippen molar-refractivity contribution in [1.82, 2.24) is 5.32 Å². The fourth-order valence-electron chi connectivity index (χ4n) is 2.84. The Morgan fingerprint density at radius 2 is 2.17 bits per heavy atom. The van der Waals surface area contributed by atoms with E-state index in [1.54, 1.807) is 24.5 Å². The summed E-state index contributed by atoms with van der Waals surface area (Å²) in [6, 6.07) is 8.11. The highest BCUT2D eigenvalue weighted by atomic mass is 19.3. The molecule has 1 heterocycles. The first-order valence-electron chi connectivity index (χ1n) is 7.72. The summed E-state index contributed by atoms with van der Waals surface area (Å²) in [7, 11) is 0. The van der Waals surface area contributed by atoms with Gasteiger partial charge in [-0.25, -0.2) is 0 Å². The molecular weight excluding hydrogens is 316 g/mol. The van der Waals surface area contributed by atoms with Crippen molar-refractivity contribution in [1.29, 1.82) is 0 Å². The molecule has 1 aliphatic carbocycles. The van der Waals surface area contributed by atoms with Crippen LogP contribution in [0.2, 0.25) is 0 Å². The van der Waals surface area contributed by atoms with Crippen LogP contribution in [-0.2, 0) is 11.2 Å². The van der Waals surface area contributed by atoms with E-state index in [-0.39, 0.29) is 17.7 Å². The second kappa shape index (κ2) is 7.29. The van der Waals surface area contributed by atoms with E-state index in [4.69, 9.17) is 4.42 Å². The van der Waals surface area contributed by atoms with Crippen molar-refractivity contribution in [2.24, 2.45) is 0 Å². The van der Waals surface area contributed by atoms with Crippen LogP contribution < -0.4 is 10.1 Å². The maximum absolute atomic E-state index is 12.4. The maximum atomic E-state index is 12.4. The molecule has 1 atom stereocenters. The number of aryl methyl sites for hydroxylation is 1. The average molecular weight is 333 g/mol. The number of furan rings is 1. The molecule has 1 N–H and O–H groups in total. The number of hydrogen-bond acceptors (Lipinski definition) is 3. The van der Waals surface area contributed by atoms with Crippen LogP contribution >= 0.6 is 0 Å². The first kappa shape index (κ1) is 16.2. The van der Waals surface area contributed by atoms with Crippen LogP contribution in [0.3, 0.4) is 0 Å². The molecule has 1 amide bonds. The average Bonchev–Trinajstić information content (AvgIpc) is 3.03. The molecule has 1 aromatic heterocycles. The SMILES string of the molecule is O=C(/C=C/c1ccccc1OC(F)F)NC1CCCc2occc21. The lowest BCUT2D eigenvalue weighted by atomic mass is 9.93. The quantitative estimate of drug-likeness (QED) is 0.839. The molecule has 1 aromatic carbocycles. The number of amides is 1. The smallest absolute Gasteiger partial charge is 0.387 e. The number of halogens is 2. The molecular formula is C18H17F2NO3. The fourth-order valence-corrected chi connectivity index (χ4v) is 2.84. The maximum Gasteiger partial charge on any atom is 0.387 e. The zero-order chi connectivity index (χ0) is 16.9. The van der Waals surface area contributed by atoms with E-state index in [0.717, 1.165) is 30.6 Å². The molecule has 0 aliphatic heterocycles. The summed E-state index contributed by atoms with van der Waals surface area (Å²) >= 11 is 0. The van der Waals surface area contributed by atoms with E-state index >= 15 is 0 Å². The van der Waals surface area contributed by atoms with E-state index in [9.17, 15) is 13.6 Å². The predicted octanol–water partition coefficient (Wildman–Crippen LogP) is 4.09. The monoisotopic (exact) mass is 333 g/mol. The first-order chi connectivity index (χ1) is 11.6. The Labute approximate surface area is 138 Å². The molecule has 24 heavy (non-hydrogen) atoms. The highest BCUT2D eigenvalue weighted by molar-refractivity contribution is 5.92. The zero-order valence-corrected chi connectivity index (χ0v) is 12.9. The van der Waals surface area contributed by atoms with Gasteiger partial charge in [0.15, 0.2) is 0 Å². The summed E-state index contributed by atoms with van der Waals surface area (Å²) < 4.78 is 34.6. The Hall–Kier alpha value is -2.63. The summed E-state index contributed by atoms with van der Waals surface area (Å²) in [5.41, 5.74) is 1.42. The van der Waals surface area contributed by atoms with Crippen molar-refractivity contribution in [2.75, 3.05) is 0 Å². The molecule has 0 radical (unpaired) electrons. The molecule has 6 heteroatoms. The summed E-state index contributed by atoms with van der Waals surface area (Å²) in [5, 5.41) is 2.92. The number of hydrogen-bond donors (Lipinski definition) is 1. The van der Waals surface area contributed by atoms with Crippen molar-refractivity contribution < 1.29 is 22.7 Å². The second-order valence-electron chi connectivity index (χ2n) is 5.50. The van der Waals surface area contributed by atoms with Crippen molar-refractivity contribution in [3.63, 3.8) is 0 Å². The third-order valence-electron chi connectivity index (χ3n) is 3.92. The molecule has 3 rings (SSSR count). The van der Waals surface area contributed by atoms with Gasteiger partial charge in [0.25, 0.3) is 0 Å². The summed E-state index contributed by atoms with van der Waals surface area (Å²) in [6.07, 6.45) is 7.08. The molecule has 1 unspecified atom stereocenters. The van der Waals surface area contributed by atoms with Gasteiger partial charge in [0.05, 0.1) is 12.3 Å². The lowest BCUT2D eigenvalue weighted by molar-refractivity contribution is -0.117. The van der Waals surface area contributed by atoms with Gasteiger partial charge >= 0.3 is 6.61 Å². The molecule has 2 aromatic rings. The van der Waals surface area contributed by atoms with Crippen LogP contribution in [0.1, 0.15) is 35.8 Å². The van der Waals surface area contributed by atoms with Crippen LogP contribution in [0, 0.1) is 0 Å². The number of benzene rings is 1. The predicted molar refractivity (Wildman–Crippen MR) is 84.6 cm³/mol. The third-order valence-corrected chi connectivity index (χ3v) is 3.92. The van der Waals surface area contributed by atoms with E-state index in [0.29, 0.717) is 5.56 Å². The van der Waals surface area contributed by atoms with Crippen molar-refractivity contribution in [3.05, 3.63) is 59.6 Å². The summed E-state index contributed by atoms with van der Waals surface area (Å²) in [5.74, 6) is 0.651. The van der Waals surface area contributed by atoms with Crippen LogP contribution in [0.4, 0.5) is 8.78 Å². The lowest BCUT2D eigenvalue weighted by Crippen LogP contribution is -2.29. The fraction of sp³-hybridized carbons (Fsp3) is 0.278.